The third-order valence-electron chi connectivity index (χ3n) is 3.19. The van der Waals surface area contributed by atoms with Crippen LogP contribution in [-0.2, 0) is 6.54 Å². The number of benzene rings is 1. The van der Waals surface area contributed by atoms with Gasteiger partial charge in [-0.15, -0.1) is 0 Å². The van der Waals surface area contributed by atoms with Crippen molar-refractivity contribution in [2.24, 2.45) is 0 Å². The van der Waals surface area contributed by atoms with E-state index < -0.39 is 0 Å². The average molecular weight is 289 g/mol. The van der Waals surface area contributed by atoms with Crippen LogP contribution in [0.3, 0.4) is 0 Å². The molecule has 0 bridgehead atoms. The summed E-state index contributed by atoms with van der Waals surface area (Å²) in [4.78, 5) is 12.1. The van der Waals surface area contributed by atoms with E-state index in [-0.39, 0.29) is 5.91 Å². The molecule has 21 heavy (non-hydrogen) atoms. The number of nitrogens with one attached hydrogen (secondary N) is 1. The fourth-order valence-corrected chi connectivity index (χ4v) is 2.12. The lowest BCUT2D eigenvalue weighted by atomic mass is 10.2. The molecule has 112 valence electrons. The van der Waals surface area contributed by atoms with Crippen LogP contribution in [0.1, 0.15) is 27.4 Å². The lowest BCUT2D eigenvalue weighted by molar-refractivity contribution is 0.0949. The van der Waals surface area contributed by atoms with Gasteiger partial charge in [0.05, 0.1) is 19.8 Å². The van der Waals surface area contributed by atoms with Crippen molar-refractivity contribution in [3.05, 3.63) is 46.9 Å². The normalized spacial score (nSPS) is 10.3. The van der Waals surface area contributed by atoms with Crippen LogP contribution in [0.25, 0.3) is 0 Å². The van der Waals surface area contributed by atoms with E-state index >= 15 is 0 Å². The minimum Gasteiger partial charge on any atom is -0.493 e. The number of amides is 1. The number of rotatable bonds is 5. The summed E-state index contributed by atoms with van der Waals surface area (Å²) < 4.78 is 15.8. The van der Waals surface area contributed by atoms with Crippen molar-refractivity contribution in [2.45, 2.75) is 20.4 Å². The van der Waals surface area contributed by atoms with Gasteiger partial charge in [0.2, 0.25) is 0 Å². The lowest BCUT2D eigenvalue weighted by Crippen LogP contribution is -2.23. The van der Waals surface area contributed by atoms with Crippen LogP contribution >= 0.6 is 0 Å². The minimum absolute atomic E-state index is 0.154. The summed E-state index contributed by atoms with van der Waals surface area (Å²) >= 11 is 0. The van der Waals surface area contributed by atoms with Gasteiger partial charge in [0, 0.05) is 6.54 Å². The van der Waals surface area contributed by atoms with Gasteiger partial charge in [-0.25, -0.2) is 0 Å². The van der Waals surface area contributed by atoms with E-state index in [4.69, 9.17) is 13.9 Å². The molecule has 0 atom stereocenters. The highest BCUT2D eigenvalue weighted by Gasteiger charge is 2.13. The van der Waals surface area contributed by atoms with Crippen molar-refractivity contribution in [1.29, 1.82) is 0 Å². The first-order valence-electron chi connectivity index (χ1n) is 6.61. The van der Waals surface area contributed by atoms with Gasteiger partial charge in [-0.3, -0.25) is 4.79 Å². The Hall–Kier alpha value is -2.43. The molecule has 0 aliphatic rings. The zero-order chi connectivity index (χ0) is 15.4. The molecule has 0 aliphatic heterocycles. The van der Waals surface area contributed by atoms with Crippen molar-refractivity contribution in [3.63, 3.8) is 0 Å². The highest BCUT2D eigenvalue weighted by molar-refractivity contribution is 5.95. The topological polar surface area (TPSA) is 60.7 Å². The van der Waals surface area contributed by atoms with Crippen LogP contribution in [0.15, 0.2) is 28.7 Å². The van der Waals surface area contributed by atoms with Crippen molar-refractivity contribution in [2.75, 3.05) is 14.2 Å². The molecular weight excluding hydrogens is 270 g/mol. The number of carbonyl (C=O) groups excluding carboxylic acids is 1. The Balaban J connectivity index is 2.06. The zero-order valence-electron chi connectivity index (χ0n) is 12.6. The maximum atomic E-state index is 12.1. The first kappa shape index (κ1) is 15.0. The Morgan fingerprint density at radius 1 is 1.14 bits per heavy atom. The van der Waals surface area contributed by atoms with Crippen LogP contribution in [0.2, 0.25) is 0 Å². The summed E-state index contributed by atoms with van der Waals surface area (Å²) in [5, 5.41) is 2.86. The summed E-state index contributed by atoms with van der Waals surface area (Å²) in [6.07, 6.45) is 0. The second kappa shape index (κ2) is 6.35. The molecule has 0 saturated heterocycles. The summed E-state index contributed by atoms with van der Waals surface area (Å²) in [5.74, 6) is 2.49. The SMILES string of the molecule is COc1ccc(CNC(=O)c2cc(C)oc2C)cc1OC. The molecule has 0 fully saturated rings. The monoisotopic (exact) mass is 289 g/mol. The molecule has 0 radical (unpaired) electrons. The first-order chi connectivity index (χ1) is 10.0. The molecule has 2 rings (SSSR count). The van der Waals surface area contributed by atoms with E-state index in [1.807, 2.05) is 25.1 Å². The van der Waals surface area contributed by atoms with Gasteiger partial charge in [-0.1, -0.05) is 6.07 Å². The van der Waals surface area contributed by atoms with Gasteiger partial charge < -0.3 is 19.2 Å². The third kappa shape index (κ3) is 3.37. The van der Waals surface area contributed by atoms with E-state index in [2.05, 4.69) is 5.32 Å². The average Bonchev–Trinajstić information content (AvgIpc) is 2.83. The zero-order valence-corrected chi connectivity index (χ0v) is 12.6. The standard InChI is InChI=1S/C16H19NO4/c1-10-7-13(11(2)21-10)16(18)17-9-12-5-6-14(19-3)15(8-12)20-4/h5-8H,9H2,1-4H3,(H,17,18). The van der Waals surface area contributed by atoms with Gasteiger partial charge in [0.1, 0.15) is 11.5 Å². The second-order valence-electron chi connectivity index (χ2n) is 4.70. The van der Waals surface area contributed by atoms with Crippen molar-refractivity contribution in [1.82, 2.24) is 5.32 Å². The Bertz CT molecular complexity index is 646. The fourth-order valence-electron chi connectivity index (χ4n) is 2.12. The van der Waals surface area contributed by atoms with Crippen LogP contribution in [0, 0.1) is 13.8 Å². The Kier molecular flexibility index (Phi) is 4.52. The molecular formula is C16H19NO4. The van der Waals surface area contributed by atoms with Gasteiger partial charge in [0.15, 0.2) is 11.5 Å². The van der Waals surface area contributed by atoms with Gasteiger partial charge in [-0.2, -0.15) is 0 Å². The Labute approximate surface area is 123 Å². The van der Waals surface area contributed by atoms with Crippen LogP contribution < -0.4 is 14.8 Å². The maximum absolute atomic E-state index is 12.1. The van der Waals surface area contributed by atoms with Crippen LogP contribution in [-0.4, -0.2) is 20.1 Å². The second-order valence-corrected chi connectivity index (χ2v) is 4.70. The lowest BCUT2D eigenvalue weighted by Gasteiger charge is -2.10. The number of aryl methyl sites for hydroxylation is 2. The van der Waals surface area contributed by atoms with Crippen molar-refractivity contribution < 1.29 is 18.7 Å². The maximum Gasteiger partial charge on any atom is 0.255 e. The number of carbonyl (C=O) groups is 1. The van der Waals surface area contributed by atoms with Gasteiger partial charge in [-0.05, 0) is 37.6 Å². The van der Waals surface area contributed by atoms with E-state index in [1.165, 1.54) is 0 Å². The summed E-state index contributed by atoms with van der Waals surface area (Å²) in [7, 11) is 3.17. The molecule has 5 heteroatoms. The van der Waals surface area contributed by atoms with Gasteiger partial charge >= 0.3 is 0 Å². The summed E-state index contributed by atoms with van der Waals surface area (Å²) in [5.41, 5.74) is 1.49. The molecule has 1 amide bonds. The summed E-state index contributed by atoms with van der Waals surface area (Å²) in [6, 6.07) is 7.27. The molecule has 1 aromatic carbocycles. The molecule has 0 spiro atoms. The first-order valence-corrected chi connectivity index (χ1v) is 6.61. The molecule has 2 aromatic rings. The molecule has 0 saturated carbocycles. The predicted molar refractivity (Wildman–Crippen MR) is 78.9 cm³/mol. The molecule has 1 aromatic heterocycles. The van der Waals surface area contributed by atoms with Crippen LogP contribution in [0.4, 0.5) is 0 Å². The highest BCUT2D eigenvalue weighted by atomic mass is 16.5. The molecule has 0 aliphatic carbocycles. The Morgan fingerprint density at radius 2 is 1.86 bits per heavy atom. The van der Waals surface area contributed by atoms with Crippen molar-refractivity contribution >= 4 is 5.91 Å². The van der Waals surface area contributed by atoms with E-state index in [1.54, 1.807) is 27.2 Å². The highest BCUT2D eigenvalue weighted by Crippen LogP contribution is 2.27. The molecule has 0 unspecified atom stereocenters. The van der Waals surface area contributed by atoms with Crippen LogP contribution in [0.5, 0.6) is 11.5 Å². The number of methoxy groups -OCH3 is 2. The number of ether oxygens (including phenoxy) is 2. The van der Waals surface area contributed by atoms with E-state index in [0.717, 1.165) is 11.3 Å². The quantitative estimate of drug-likeness (QED) is 0.919. The minimum atomic E-state index is -0.154. The largest absolute Gasteiger partial charge is 0.493 e. The number of hydrogen-bond acceptors (Lipinski definition) is 4. The fraction of sp³-hybridized carbons (Fsp3) is 0.312. The number of hydrogen-bond donors (Lipinski definition) is 1. The summed E-state index contributed by atoms with van der Waals surface area (Å²) in [6.45, 7) is 4.00. The molecule has 1 heterocycles. The van der Waals surface area contributed by atoms with Crippen molar-refractivity contribution in [3.8, 4) is 11.5 Å². The molecule has 1 N–H and O–H groups in total. The Morgan fingerprint density at radius 3 is 2.43 bits per heavy atom. The third-order valence-corrected chi connectivity index (χ3v) is 3.19. The van der Waals surface area contributed by atoms with Gasteiger partial charge in [0.25, 0.3) is 5.91 Å². The van der Waals surface area contributed by atoms with E-state index in [0.29, 0.717) is 29.4 Å². The predicted octanol–water partition coefficient (Wildman–Crippen LogP) is 2.84. The number of furan rings is 1. The van der Waals surface area contributed by atoms with E-state index in [9.17, 15) is 4.79 Å². The molecule has 5 nitrogen and oxygen atoms in total. The smallest absolute Gasteiger partial charge is 0.255 e.